The molecule has 2 aliphatic heterocycles. The molecule has 2 aromatic rings. The first kappa shape index (κ1) is 20.3. The summed E-state index contributed by atoms with van der Waals surface area (Å²) in [7, 11) is 0. The average molecular weight is 420 g/mol. The molecular formula is C22H20N4O5. The second kappa shape index (κ2) is 8.02. The predicted octanol–water partition coefficient (Wildman–Crippen LogP) is 0.847. The minimum absolute atomic E-state index is 0.0722. The second-order valence-corrected chi connectivity index (χ2v) is 7.50. The van der Waals surface area contributed by atoms with E-state index in [1.807, 2.05) is 24.3 Å². The predicted molar refractivity (Wildman–Crippen MR) is 109 cm³/mol. The van der Waals surface area contributed by atoms with Gasteiger partial charge >= 0.3 is 6.03 Å². The Hall–Kier alpha value is -4.01. The average Bonchev–Trinajstić information content (AvgIpc) is 2.98. The van der Waals surface area contributed by atoms with Crippen LogP contribution in [0, 0.1) is 0 Å². The van der Waals surface area contributed by atoms with Gasteiger partial charge in [0, 0.05) is 13.0 Å². The fraction of sp³-hybridized carbons (Fsp3) is 0.227. The highest BCUT2D eigenvalue weighted by Crippen LogP contribution is 2.31. The van der Waals surface area contributed by atoms with Crippen molar-refractivity contribution >= 4 is 29.7 Å². The zero-order chi connectivity index (χ0) is 22.1. The molecule has 2 heterocycles. The Morgan fingerprint density at radius 2 is 1.81 bits per heavy atom. The topological polar surface area (TPSA) is 139 Å². The second-order valence-electron chi connectivity index (χ2n) is 7.50. The summed E-state index contributed by atoms with van der Waals surface area (Å²) in [4.78, 5) is 61.7. The minimum Gasteiger partial charge on any atom is -0.352 e. The fourth-order valence-corrected chi connectivity index (χ4v) is 3.99. The molecule has 158 valence electrons. The highest BCUT2D eigenvalue weighted by molar-refractivity contribution is 6.24. The number of amides is 6. The summed E-state index contributed by atoms with van der Waals surface area (Å²) in [5.41, 5.74) is 8.02. The van der Waals surface area contributed by atoms with Gasteiger partial charge in [0.05, 0.1) is 11.1 Å². The van der Waals surface area contributed by atoms with Crippen molar-refractivity contribution in [2.75, 3.05) is 0 Å². The van der Waals surface area contributed by atoms with E-state index in [1.54, 1.807) is 18.2 Å². The molecule has 31 heavy (non-hydrogen) atoms. The third kappa shape index (κ3) is 3.89. The molecule has 1 fully saturated rings. The van der Waals surface area contributed by atoms with Gasteiger partial charge in [-0.3, -0.25) is 29.4 Å². The Morgan fingerprint density at radius 1 is 1.06 bits per heavy atom. The first-order valence-corrected chi connectivity index (χ1v) is 9.79. The van der Waals surface area contributed by atoms with Gasteiger partial charge in [0.2, 0.25) is 11.8 Å². The number of primary amides is 1. The van der Waals surface area contributed by atoms with E-state index in [0.717, 1.165) is 16.0 Å². The van der Waals surface area contributed by atoms with Crippen LogP contribution in [0.15, 0.2) is 42.5 Å². The minimum atomic E-state index is -0.999. The summed E-state index contributed by atoms with van der Waals surface area (Å²) < 4.78 is 0. The van der Waals surface area contributed by atoms with Crippen molar-refractivity contribution in [3.05, 3.63) is 70.3 Å². The molecule has 0 spiro atoms. The first-order chi connectivity index (χ1) is 14.8. The summed E-state index contributed by atoms with van der Waals surface area (Å²) in [6.45, 7) is 0.275. The van der Waals surface area contributed by atoms with Crippen LogP contribution in [-0.4, -0.2) is 40.6 Å². The van der Waals surface area contributed by atoms with Gasteiger partial charge in [0.15, 0.2) is 0 Å². The highest BCUT2D eigenvalue weighted by atomic mass is 16.2. The van der Waals surface area contributed by atoms with Crippen molar-refractivity contribution in [1.29, 1.82) is 0 Å². The number of hydrogen-bond donors (Lipinski definition) is 3. The number of hydrogen-bond acceptors (Lipinski definition) is 5. The zero-order valence-corrected chi connectivity index (χ0v) is 16.5. The zero-order valence-electron chi connectivity index (χ0n) is 16.5. The molecule has 0 saturated carbocycles. The van der Waals surface area contributed by atoms with Crippen molar-refractivity contribution in [3.63, 3.8) is 0 Å². The number of nitrogens with one attached hydrogen (secondary N) is 2. The van der Waals surface area contributed by atoms with Crippen LogP contribution < -0.4 is 16.4 Å². The Kier molecular flexibility index (Phi) is 5.24. The first-order valence-electron chi connectivity index (χ1n) is 9.79. The molecule has 0 aromatic heterocycles. The van der Waals surface area contributed by atoms with E-state index < -0.39 is 35.7 Å². The third-order valence-electron chi connectivity index (χ3n) is 5.41. The highest BCUT2D eigenvalue weighted by Gasteiger charge is 2.45. The van der Waals surface area contributed by atoms with Crippen LogP contribution in [0.4, 0.5) is 4.79 Å². The number of fused-ring (bicyclic) bond motifs is 1. The molecule has 9 nitrogen and oxygen atoms in total. The largest absolute Gasteiger partial charge is 0.352 e. The molecule has 1 saturated heterocycles. The van der Waals surface area contributed by atoms with Gasteiger partial charge in [-0.15, -0.1) is 0 Å². The monoisotopic (exact) mass is 420 g/mol. The molecule has 4 N–H and O–H groups in total. The lowest BCUT2D eigenvalue weighted by atomic mass is 9.96. The van der Waals surface area contributed by atoms with E-state index in [2.05, 4.69) is 10.6 Å². The van der Waals surface area contributed by atoms with Crippen LogP contribution in [-0.2, 0) is 22.6 Å². The van der Waals surface area contributed by atoms with Crippen LogP contribution in [0.1, 0.15) is 50.2 Å². The summed E-state index contributed by atoms with van der Waals surface area (Å²) in [5, 5.41) is 4.72. The summed E-state index contributed by atoms with van der Waals surface area (Å²) in [6.07, 6.45) is 0.568. The van der Waals surface area contributed by atoms with Crippen molar-refractivity contribution in [2.45, 2.75) is 31.8 Å². The fourth-order valence-electron chi connectivity index (χ4n) is 3.99. The molecule has 2 aliphatic rings. The van der Waals surface area contributed by atoms with Gasteiger partial charge < -0.3 is 11.1 Å². The number of imide groups is 2. The lowest BCUT2D eigenvalue weighted by molar-refractivity contribution is -0.136. The summed E-state index contributed by atoms with van der Waals surface area (Å²) in [6, 6.07) is 10.9. The van der Waals surface area contributed by atoms with Gasteiger partial charge in [0.25, 0.3) is 11.8 Å². The molecule has 0 bridgehead atoms. The van der Waals surface area contributed by atoms with Crippen molar-refractivity contribution < 1.29 is 24.0 Å². The molecule has 1 atom stereocenters. The number of carbonyl (C=O) groups is 5. The number of carbonyl (C=O) groups excluding carboxylic acids is 5. The molecule has 9 heteroatoms. The van der Waals surface area contributed by atoms with Crippen molar-refractivity contribution in [2.24, 2.45) is 5.73 Å². The maximum atomic E-state index is 13.2. The van der Waals surface area contributed by atoms with E-state index >= 15 is 0 Å². The number of rotatable bonds is 5. The molecular weight excluding hydrogens is 400 g/mol. The van der Waals surface area contributed by atoms with Crippen LogP contribution in [0.2, 0.25) is 0 Å². The van der Waals surface area contributed by atoms with E-state index in [9.17, 15) is 24.0 Å². The maximum absolute atomic E-state index is 13.2. The van der Waals surface area contributed by atoms with Gasteiger partial charge in [0.1, 0.15) is 6.04 Å². The Bertz CT molecular complexity index is 1130. The molecule has 0 aliphatic carbocycles. The van der Waals surface area contributed by atoms with Crippen molar-refractivity contribution in [1.82, 2.24) is 15.5 Å². The number of urea groups is 1. The van der Waals surface area contributed by atoms with Crippen LogP contribution in [0.25, 0.3) is 0 Å². The van der Waals surface area contributed by atoms with Crippen LogP contribution in [0.3, 0.4) is 0 Å². The summed E-state index contributed by atoms with van der Waals surface area (Å²) >= 11 is 0. The Morgan fingerprint density at radius 3 is 2.55 bits per heavy atom. The quantitative estimate of drug-likeness (QED) is 0.616. The SMILES string of the molecule is NC(=O)NCc1cccc(Cc2cccc3c2C(=O)N(C2CCC(=O)NC2=O)C3=O)c1. The van der Waals surface area contributed by atoms with Gasteiger partial charge in [-0.25, -0.2) is 4.79 Å². The van der Waals surface area contributed by atoms with Gasteiger partial charge in [-0.1, -0.05) is 36.4 Å². The number of benzene rings is 2. The number of nitrogens with zero attached hydrogens (tertiary/aromatic N) is 1. The molecule has 6 amide bonds. The number of piperidine rings is 1. The lowest BCUT2D eigenvalue weighted by Gasteiger charge is -2.27. The molecule has 4 rings (SSSR count). The normalized spacial score (nSPS) is 18.1. The summed E-state index contributed by atoms with van der Waals surface area (Å²) in [5.74, 6) is -2.11. The lowest BCUT2D eigenvalue weighted by Crippen LogP contribution is -2.54. The standard InChI is InChI=1S/C22H20N4O5/c23-22(31)24-11-13-4-1-3-12(9-13)10-14-5-2-6-15-18(14)21(30)26(20(15)29)16-7-8-17(27)25-19(16)28/h1-6,9,16H,7-8,10-11H2,(H3,23,24,31)(H,25,27,28). The maximum Gasteiger partial charge on any atom is 0.312 e. The van der Waals surface area contributed by atoms with Crippen LogP contribution >= 0.6 is 0 Å². The molecule has 2 aromatic carbocycles. The molecule has 1 unspecified atom stereocenters. The Labute approximate surface area is 177 Å². The van der Waals surface area contributed by atoms with E-state index in [-0.39, 0.29) is 30.5 Å². The van der Waals surface area contributed by atoms with E-state index in [4.69, 9.17) is 5.73 Å². The third-order valence-corrected chi connectivity index (χ3v) is 5.41. The van der Waals surface area contributed by atoms with E-state index in [1.165, 1.54) is 0 Å². The van der Waals surface area contributed by atoms with E-state index in [0.29, 0.717) is 12.0 Å². The Balaban J connectivity index is 1.61. The van der Waals surface area contributed by atoms with Crippen molar-refractivity contribution in [3.8, 4) is 0 Å². The number of nitrogens with two attached hydrogens (primary N) is 1. The van der Waals surface area contributed by atoms with Crippen LogP contribution in [0.5, 0.6) is 0 Å². The van der Waals surface area contributed by atoms with Gasteiger partial charge in [-0.2, -0.15) is 0 Å². The molecule has 0 radical (unpaired) electrons. The smallest absolute Gasteiger partial charge is 0.312 e. The van der Waals surface area contributed by atoms with Gasteiger partial charge in [-0.05, 0) is 35.6 Å².